The van der Waals surface area contributed by atoms with Gasteiger partial charge in [0.05, 0.1) is 18.8 Å². The zero-order valence-electron chi connectivity index (χ0n) is 9.77. The molecule has 0 bridgehead atoms. The Morgan fingerprint density at radius 1 is 1.69 bits per heavy atom. The molecule has 1 rings (SSSR count). The second kappa shape index (κ2) is 7.84. The molecule has 3 N–H and O–H groups in total. The summed E-state index contributed by atoms with van der Waals surface area (Å²) in [5, 5.41) is 2.84. The van der Waals surface area contributed by atoms with Gasteiger partial charge in [0.25, 0.3) is 0 Å². The topological polar surface area (TPSA) is 73.6 Å². The number of amides is 1. The van der Waals surface area contributed by atoms with E-state index in [-0.39, 0.29) is 37.1 Å². The molecule has 0 aromatic carbocycles. The van der Waals surface area contributed by atoms with Crippen LogP contribution in [0, 0.1) is 0 Å². The van der Waals surface area contributed by atoms with Gasteiger partial charge in [-0.25, -0.2) is 0 Å². The lowest BCUT2D eigenvalue weighted by molar-refractivity contribution is -0.124. The number of nitrogens with two attached hydrogens (primary N) is 1. The number of nitrogens with one attached hydrogen (secondary N) is 1. The number of halogens is 1. The van der Waals surface area contributed by atoms with E-state index in [9.17, 15) is 4.79 Å². The molecule has 0 saturated carbocycles. The van der Waals surface area contributed by atoms with Gasteiger partial charge in [-0.15, -0.1) is 12.4 Å². The van der Waals surface area contributed by atoms with Crippen molar-refractivity contribution in [2.75, 3.05) is 20.3 Å². The van der Waals surface area contributed by atoms with E-state index in [2.05, 4.69) is 5.32 Å². The quantitative estimate of drug-likeness (QED) is 0.726. The molecule has 0 spiro atoms. The molecular formula is C10H21ClN2O3. The zero-order chi connectivity index (χ0) is 11.3. The number of carbonyl (C=O) groups is 1. The van der Waals surface area contributed by atoms with Gasteiger partial charge in [0.15, 0.2) is 0 Å². The first-order valence-corrected chi connectivity index (χ1v) is 5.31. The monoisotopic (exact) mass is 252 g/mol. The fourth-order valence-corrected chi connectivity index (χ4v) is 1.68. The molecule has 0 aromatic rings. The number of ether oxygens (including phenoxy) is 2. The summed E-state index contributed by atoms with van der Waals surface area (Å²) in [4.78, 5) is 11.5. The van der Waals surface area contributed by atoms with Crippen LogP contribution in [0.4, 0.5) is 0 Å². The Labute approximate surface area is 102 Å². The summed E-state index contributed by atoms with van der Waals surface area (Å²) in [7, 11) is 1.52. The van der Waals surface area contributed by atoms with Crippen LogP contribution in [0.2, 0.25) is 0 Å². The molecule has 3 atom stereocenters. The van der Waals surface area contributed by atoms with Gasteiger partial charge in [-0.2, -0.15) is 0 Å². The standard InChI is InChI=1S/C10H20N2O3.ClH/c1-7(9-4-3-5-15-9)12-10(13)8(11)6-14-2;/h7-9H,3-6,11H2,1-2H3,(H,12,13);1H. The van der Waals surface area contributed by atoms with Crippen molar-refractivity contribution in [1.29, 1.82) is 0 Å². The van der Waals surface area contributed by atoms with Crippen molar-refractivity contribution >= 4 is 18.3 Å². The van der Waals surface area contributed by atoms with Crippen LogP contribution in [0.25, 0.3) is 0 Å². The van der Waals surface area contributed by atoms with Crippen molar-refractivity contribution in [3.8, 4) is 0 Å². The maximum absolute atomic E-state index is 11.5. The third-order valence-corrected chi connectivity index (χ3v) is 2.58. The lowest BCUT2D eigenvalue weighted by atomic mass is 10.1. The van der Waals surface area contributed by atoms with Gasteiger partial charge in [0, 0.05) is 13.7 Å². The van der Waals surface area contributed by atoms with E-state index >= 15 is 0 Å². The molecule has 1 aliphatic rings. The third-order valence-electron chi connectivity index (χ3n) is 2.58. The lowest BCUT2D eigenvalue weighted by Gasteiger charge is -2.21. The van der Waals surface area contributed by atoms with Gasteiger partial charge >= 0.3 is 0 Å². The predicted octanol–water partition coefficient (Wildman–Crippen LogP) is 0.0656. The van der Waals surface area contributed by atoms with Crippen molar-refractivity contribution in [2.24, 2.45) is 5.73 Å². The Bertz CT molecular complexity index is 210. The van der Waals surface area contributed by atoms with E-state index in [1.807, 2.05) is 6.92 Å². The molecular weight excluding hydrogens is 232 g/mol. The summed E-state index contributed by atoms with van der Waals surface area (Å²) in [6.45, 7) is 2.96. The van der Waals surface area contributed by atoms with Crippen LogP contribution in [0.1, 0.15) is 19.8 Å². The Kier molecular flexibility index (Phi) is 7.66. The van der Waals surface area contributed by atoms with Gasteiger partial charge in [0.2, 0.25) is 5.91 Å². The first-order chi connectivity index (χ1) is 7.15. The smallest absolute Gasteiger partial charge is 0.239 e. The van der Waals surface area contributed by atoms with Crippen molar-refractivity contribution < 1.29 is 14.3 Å². The van der Waals surface area contributed by atoms with Crippen LogP contribution in [-0.4, -0.2) is 44.4 Å². The van der Waals surface area contributed by atoms with E-state index in [4.69, 9.17) is 15.2 Å². The number of hydrogen-bond donors (Lipinski definition) is 2. The highest BCUT2D eigenvalue weighted by atomic mass is 35.5. The highest BCUT2D eigenvalue weighted by molar-refractivity contribution is 5.85. The van der Waals surface area contributed by atoms with Gasteiger partial charge in [0.1, 0.15) is 6.04 Å². The number of carbonyl (C=O) groups excluding carboxylic acids is 1. The second-order valence-electron chi connectivity index (χ2n) is 3.91. The van der Waals surface area contributed by atoms with Crippen molar-refractivity contribution in [3.05, 3.63) is 0 Å². The molecule has 1 fully saturated rings. The Morgan fingerprint density at radius 2 is 2.38 bits per heavy atom. The highest BCUT2D eigenvalue weighted by Gasteiger charge is 2.25. The highest BCUT2D eigenvalue weighted by Crippen LogP contribution is 2.15. The summed E-state index contributed by atoms with van der Waals surface area (Å²) in [5.74, 6) is -0.181. The molecule has 16 heavy (non-hydrogen) atoms. The van der Waals surface area contributed by atoms with E-state index in [1.165, 1.54) is 7.11 Å². The van der Waals surface area contributed by atoms with Crippen LogP contribution in [0.3, 0.4) is 0 Å². The normalized spacial score (nSPS) is 23.3. The zero-order valence-corrected chi connectivity index (χ0v) is 10.6. The van der Waals surface area contributed by atoms with Crippen molar-refractivity contribution in [3.63, 3.8) is 0 Å². The summed E-state index contributed by atoms with van der Waals surface area (Å²) in [6, 6.07) is -0.582. The Balaban J connectivity index is 0.00000225. The van der Waals surface area contributed by atoms with E-state index in [0.29, 0.717) is 0 Å². The summed E-state index contributed by atoms with van der Waals surface area (Å²) >= 11 is 0. The van der Waals surface area contributed by atoms with Crippen LogP contribution >= 0.6 is 12.4 Å². The average Bonchev–Trinajstić information content (AvgIpc) is 2.70. The molecule has 1 saturated heterocycles. The van der Waals surface area contributed by atoms with Crippen LogP contribution in [0.15, 0.2) is 0 Å². The number of methoxy groups -OCH3 is 1. The largest absolute Gasteiger partial charge is 0.383 e. The third kappa shape index (κ3) is 4.65. The van der Waals surface area contributed by atoms with Gasteiger partial charge in [-0.05, 0) is 19.8 Å². The molecule has 5 nitrogen and oxygen atoms in total. The first-order valence-electron chi connectivity index (χ1n) is 5.31. The van der Waals surface area contributed by atoms with Crippen LogP contribution in [-0.2, 0) is 14.3 Å². The average molecular weight is 253 g/mol. The molecule has 0 radical (unpaired) electrons. The minimum Gasteiger partial charge on any atom is -0.383 e. The maximum Gasteiger partial charge on any atom is 0.239 e. The van der Waals surface area contributed by atoms with Crippen LogP contribution in [0.5, 0.6) is 0 Å². The first kappa shape index (κ1) is 15.6. The van der Waals surface area contributed by atoms with E-state index in [0.717, 1.165) is 19.4 Å². The predicted molar refractivity (Wildman–Crippen MR) is 63.7 cm³/mol. The maximum atomic E-state index is 11.5. The fourth-order valence-electron chi connectivity index (χ4n) is 1.68. The lowest BCUT2D eigenvalue weighted by Crippen LogP contribution is -2.49. The minimum absolute atomic E-state index is 0. The van der Waals surface area contributed by atoms with Gasteiger partial charge in [-0.3, -0.25) is 4.79 Å². The molecule has 96 valence electrons. The molecule has 1 aliphatic heterocycles. The summed E-state index contributed by atoms with van der Waals surface area (Å²) < 4.78 is 10.3. The molecule has 1 amide bonds. The molecule has 6 heteroatoms. The molecule has 0 aliphatic carbocycles. The van der Waals surface area contributed by atoms with Gasteiger partial charge in [-0.1, -0.05) is 0 Å². The van der Waals surface area contributed by atoms with E-state index < -0.39 is 6.04 Å². The molecule has 3 unspecified atom stereocenters. The van der Waals surface area contributed by atoms with E-state index in [1.54, 1.807) is 0 Å². The summed E-state index contributed by atoms with van der Waals surface area (Å²) in [5.41, 5.74) is 5.60. The SMILES string of the molecule is COCC(N)C(=O)NC(C)C1CCCO1.Cl. The fraction of sp³-hybridized carbons (Fsp3) is 0.900. The Hall–Kier alpha value is -0.360. The minimum atomic E-state index is -0.598. The summed E-state index contributed by atoms with van der Waals surface area (Å²) in [6.07, 6.45) is 2.19. The Morgan fingerprint density at radius 3 is 2.88 bits per heavy atom. The van der Waals surface area contributed by atoms with Crippen LogP contribution < -0.4 is 11.1 Å². The van der Waals surface area contributed by atoms with Gasteiger partial charge < -0.3 is 20.5 Å². The number of hydrogen-bond acceptors (Lipinski definition) is 4. The second-order valence-corrected chi connectivity index (χ2v) is 3.91. The molecule has 1 heterocycles. The van der Waals surface area contributed by atoms with Crippen molar-refractivity contribution in [1.82, 2.24) is 5.32 Å². The van der Waals surface area contributed by atoms with Crippen molar-refractivity contribution in [2.45, 2.75) is 38.0 Å². The number of rotatable bonds is 5. The molecule has 0 aromatic heterocycles.